The van der Waals surface area contributed by atoms with Gasteiger partial charge in [-0.15, -0.1) is 0 Å². The first-order chi connectivity index (χ1) is 8.69. The molecule has 2 rings (SSSR count). The fourth-order valence-electron chi connectivity index (χ4n) is 1.94. The van der Waals surface area contributed by atoms with Crippen molar-refractivity contribution in [2.24, 2.45) is 5.73 Å². The van der Waals surface area contributed by atoms with Gasteiger partial charge in [0.1, 0.15) is 11.5 Å². The minimum absolute atomic E-state index is 0.0224. The van der Waals surface area contributed by atoms with Gasteiger partial charge in [0.05, 0.1) is 7.11 Å². The van der Waals surface area contributed by atoms with Crippen molar-refractivity contribution in [1.29, 1.82) is 0 Å². The van der Waals surface area contributed by atoms with Crippen LogP contribution < -0.4 is 15.2 Å². The first-order valence-corrected chi connectivity index (χ1v) is 5.99. The maximum absolute atomic E-state index is 11.8. The number of hydrogen-bond donors (Lipinski definition) is 1. The smallest absolute Gasteiger partial charge is 0.260 e. The van der Waals surface area contributed by atoms with Crippen LogP contribution in [0.4, 0.5) is 0 Å². The number of ether oxygens (including phenoxy) is 2. The van der Waals surface area contributed by atoms with Crippen molar-refractivity contribution in [3.05, 3.63) is 24.3 Å². The summed E-state index contributed by atoms with van der Waals surface area (Å²) in [6.07, 6.45) is 0.866. The summed E-state index contributed by atoms with van der Waals surface area (Å²) in [5.41, 5.74) is 5.76. The Hall–Kier alpha value is -1.75. The number of hydrogen-bond acceptors (Lipinski definition) is 4. The van der Waals surface area contributed by atoms with Gasteiger partial charge in [0.2, 0.25) is 0 Å². The molecule has 1 atom stereocenters. The molecule has 5 heteroatoms. The Labute approximate surface area is 106 Å². The fraction of sp³-hybridized carbons (Fsp3) is 0.462. The van der Waals surface area contributed by atoms with Crippen LogP contribution in [0, 0.1) is 0 Å². The standard InChI is InChI=1S/C13H18N2O3/c1-17-11-3-2-4-12(7-11)18-9-13(16)15-6-5-10(14)8-15/h2-4,7,10H,5-6,8-9,14H2,1H3/t10-/m1/s1. The second-order valence-corrected chi connectivity index (χ2v) is 4.36. The Morgan fingerprint density at radius 1 is 1.50 bits per heavy atom. The molecule has 1 amide bonds. The van der Waals surface area contributed by atoms with Gasteiger partial charge in [-0.3, -0.25) is 4.79 Å². The van der Waals surface area contributed by atoms with Crippen LogP contribution in [-0.4, -0.2) is 43.7 Å². The lowest BCUT2D eigenvalue weighted by Gasteiger charge is -2.16. The Balaban J connectivity index is 1.85. The monoisotopic (exact) mass is 250 g/mol. The second kappa shape index (κ2) is 5.73. The van der Waals surface area contributed by atoms with Crippen LogP contribution in [0.15, 0.2) is 24.3 Å². The summed E-state index contributed by atoms with van der Waals surface area (Å²) in [4.78, 5) is 13.6. The summed E-state index contributed by atoms with van der Waals surface area (Å²) < 4.78 is 10.5. The van der Waals surface area contributed by atoms with Crippen molar-refractivity contribution >= 4 is 5.91 Å². The lowest BCUT2D eigenvalue weighted by molar-refractivity contribution is -0.132. The highest BCUT2D eigenvalue weighted by Crippen LogP contribution is 2.19. The van der Waals surface area contributed by atoms with Crippen molar-refractivity contribution in [2.45, 2.75) is 12.5 Å². The predicted octanol–water partition coefficient (Wildman–Crippen LogP) is 0.634. The molecule has 18 heavy (non-hydrogen) atoms. The topological polar surface area (TPSA) is 64.8 Å². The first kappa shape index (κ1) is 12.7. The number of likely N-dealkylation sites (tertiary alicyclic amines) is 1. The lowest BCUT2D eigenvalue weighted by atomic mass is 10.3. The van der Waals surface area contributed by atoms with E-state index in [-0.39, 0.29) is 18.6 Å². The summed E-state index contributed by atoms with van der Waals surface area (Å²) in [5, 5.41) is 0. The Bertz CT molecular complexity index is 422. The maximum atomic E-state index is 11.8. The lowest BCUT2D eigenvalue weighted by Crippen LogP contribution is -2.35. The van der Waals surface area contributed by atoms with Crippen LogP contribution in [0.25, 0.3) is 0 Å². The van der Waals surface area contributed by atoms with Gasteiger partial charge in [0.25, 0.3) is 5.91 Å². The summed E-state index contributed by atoms with van der Waals surface area (Å²) in [6, 6.07) is 7.30. The molecule has 0 radical (unpaired) electrons. The number of nitrogens with two attached hydrogens (primary N) is 1. The van der Waals surface area contributed by atoms with Gasteiger partial charge in [-0.2, -0.15) is 0 Å². The number of nitrogens with zero attached hydrogens (tertiary/aromatic N) is 1. The zero-order chi connectivity index (χ0) is 13.0. The molecule has 5 nitrogen and oxygen atoms in total. The molecule has 1 heterocycles. The van der Waals surface area contributed by atoms with Gasteiger partial charge < -0.3 is 20.1 Å². The van der Waals surface area contributed by atoms with E-state index in [9.17, 15) is 4.79 Å². The van der Waals surface area contributed by atoms with Crippen molar-refractivity contribution in [1.82, 2.24) is 4.90 Å². The summed E-state index contributed by atoms with van der Waals surface area (Å²) in [6.45, 7) is 1.39. The number of rotatable bonds is 4. The molecule has 1 saturated heterocycles. The third-order valence-corrected chi connectivity index (χ3v) is 2.98. The average Bonchev–Trinajstić information content (AvgIpc) is 2.83. The number of amides is 1. The molecule has 2 N–H and O–H groups in total. The van der Waals surface area contributed by atoms with Gasteiger partial charge in [-0.1, -0.05) is 6.07 Å². The van der Waals surface area contributed by atoms with Gasteiger partial charge in [-0.25, -0.2) is 0 Å². The molecule has 98 valence electrons. The Morgan fingerprint density at radius 2 is 2.28 bits per heavy atom. The van der Waals surface area contributed by atoms with E-state index >= 15 is 0 Å². The van der Waals surface area contributed by atoms with E-state index in [0.717, 1.165) is 13.0 Å². The van der Waals surface area contributed by atoms with Crippen molar-refractivity contribution in [3.63, 3.8) is 0 Å². The highest BCUT2D eigenvalue weighted by atomic mass is 16.5. The minimum atomic E-state index is -0.0224. The van der Waals surface area contributed by atoms with Crippen LogP contribution in [0.5, 0.6) is 11.5 Å². The van der Waals surface area contributed by atoms with E-state index in [0.29, 0.717) is 18.0 Å². The minimum Gasteiger partial charge on any atom is -0.497 e. The van der Waals surface area contributed by atoms with Crippen LogP contribution in [0.2, 0.25) is 0 Å². The third-order valence-electron chi connectivity index (χ3n) is 2.98. The molecule has 1 aliphatic rings. The van der Waals surface area contributed by atoms with Crippen LogP contribution in [0.1, 0.15) is 6.42 Å². The van der Waals surface area contributed by atoms with Gasteiger partial charge in [0.15, 0.2) is 6.61 Å². The van der Waals surface area contributed by atoms with Gasteiger partial charge in [0, 0.05) is 25.2 Å². The van der Waals surface area contributed by atoms with Crippen molar-refractivity contribution in [3.8, 4) is 11.5 Å². The third kappa shape index (κ3) is 3.13. The molecular weight excluding hydrogens is 232 g/mol. The van der Waals surface area contributed by atoms with Gasteiger partial charge >= 0.3 is 0 Å². The molecule has 1 aromatic carbocycles. The average molecular weight is 250 g/mol. The molecule has 0 spiro atoms. The van der Waals surface area contributed by atoms with E-state index in [1.807, 2.05) is 12.1 Å². The number of methoxy groups -OCH3 is 1. The largest absolute Gasteiger partial charge is 0.497 e. The van der Waals surface area contributed by atoms with Crippen LogP contribution in [0.3, 0.4) is 0 Å². The molecular formula is C13H18N2O3. The second-order valence-electron chi connectivity index (χ2n) is 4.36. The Morgan fingerprint density at radius 3 is 2.94 bits per heavy atom. The van der Waals surface area contributed by atoms with E-state index < -0.39 is 0 Å². The zero-order valence-corrected chi connectivity index (χ0v) is 10.5. The van der Waals surface area contributed by atoms with E-state index in [2.05, 4.69) is 0 Å². The van der Waals surface area contributed by atoms with E-state index in [4.69, 9.17) is 15.2 Å². The molecule has 1 aromatic rings. The van der Waals surface area contributed by atoms with E-state index in [1.165, 1.54) is 0 Å². The first-order valence-electron chi connectivity index (χ1n) is 5.99. The zero-order valence-electron chi connectivity index (χ0n) is 10.5. The van der Waals surface area contributed by atoms with Gasteiger partial charge in [-0.05, 0) is 18.6 Å². The van der Waals surface area contributed by atoms with E-state index in [1.54, 1.807) is 24.1 Å². The molecule has 0 aromatic heterocycles. The highest BCUT2D eigenvalue weighted by Gasteiger charge is 2.23. The number of carbonyl (C=O) groups is 1. The summed E-state index contributed by atoms with van der Waals surface area (Å²) in [7, 11) is 1.59. The van der Waals surface area contributed by atoms with Crippen molar-refractivity contribution in [2.75, 3.05) is 26.8 Å². The quantitative estimate of drug-likeness (QED) is 0.851. The van der Waals surface area contributed by atoms with Crippen molar-refractivity contribution < 1.29 is 14.3 Å². The maximum Gasteiger partial charge on any atom is 0.260 e. The number of carbonyl (C=O) groups excluding carboxylic acids is 1. The summed E-state index contributed by atoms with van der Waals surface area (Å²) in [5.74, 6) is 1.32. The highest BCUT2D eigenvalue weighted by molar-refractivity contribution is 5.78. The fourth-order valence-corrected chi connectivity index (χ4v) is 1.94. The SMILES string of the molecule is COc1cccc(OCC(=O)N2CC[C@@H](N)C2)c1. The molecule has 0 bridgehead atoms. The van der Waals surface area contributed by atoms with Crippen LogP contribution >= 0.6 is 0 Å². The predicted molar refractivity (Wildman–Crippen MR) is 67.7 cm³/mol. The Kier molecular flexibility index (Phi) is 4.04. The van der Waals surface area contributed by atoms with Crippen LogP contribution in [-0.2, 0) is 4.79 Å². The molecule has 0 saturated carbocycles. The molecule has 1 aliphatic heterocycles. The molecule has 0 aliphatic carbocycles. The molecule has 0 unspecified atom stereocenters. The molecule has 1 fully saturated rings. The normalized spacial score (nSPS) is 18.8. The number of benzene rings is 1. The summed E-state index contributed by atoms with van der Waals surface area (Å²) >= 11 is 0.